The van der Waals surface area contributed by atoms with Crippen molar-refractivity contribution in [2.75, 3.05) is 13.1 Å². The van der Waals surface area contributed by atoms with Crippen LogP contribution in [0.5, 0.6) is 0 Å². The third kappa shape index (κ3) is 2.26. The van der Waals surface area contributed by atoms with E-state index >= 15 is 0 Å². The number of rotatable bonds is 1. The van der Waals surface area contributed by atoms with Gasteiger partial charge in [0, 0.05) is 25.2 Å². The quantitative estimate of drug-likeness (QED) is 0.611. The second kappa shape index (κ2) is 4.67. The van der Waals surface area contributed by atoms with Gasteiger partial charge in [0.2, 0.25) is 0 Å². The highest BCUT2D eigenvalue weighted by Gasteiger charge is 2.30. The summed E-state index contributed by atoms with van der Waals surface area (Å²) in [5, 5.41) is 5.16. The average molecular weight is 208 g/mol. The molecule has 86 valence electrons. The molecule has 0 amide bonds. The molecular weight excluding hydrogens is 184 g/mol. The minimum atomic E-state index is 0.555. The molecule has 0 bridgehead atoms. The molecule has 0 aromatic heterocycles. The van der Waals surface area contributed by atoms with Gasteiger partial charge in [-0.25, -0.2) is 10.0 Å². The Morgan fingerprint density at radius 2 is 1.80 bits per heavy atom. The van der Waals surface area contributed by atoms with Crippen LogP contribution in [0.4, 0.5) is 0 Å². The SMILES string of the molecule is C=C1CCCN(N2CCCCC2C)C1C. The zero-order valence-electron chi connectivity index (χ0n) is 10.2. The van der Waals surface area contributed by atoms with Crippen LogP contribution in [0, 0.1) is 0 Å². The van der Waals surface area contributed by atoms with E-state index in [0.717, 1.165) is 6.04 Å². The molecule has 0 aliphatic carbocycles. The molecule has 2 atom stereocenters. The fourth-order valence-electron chi connectivity index (χ4n) is 2.90. The van der Waals surface area contributed by atoms with Gasteiger partial charge in [-0.15, -0.1) is 0 Å². The molecule has 2 nitrogen and oxygen atoms in total. The molecular formula is C13H24N2. The maximum Gasteiger partial charge on any atom is 0.0424 e. The van der Waals surface area contributed by atoms with E-state index in [1.807, 2.05) is 0 Å². The van der Waals surface area contributed by atoms with Crippen molar-refractivity contribution in [1.82, 2.24) is 10.0 Å². The summed E-state index contributed by atoms with van der Waals surface area (Å²) < 4.78 is 0. The van der Waals surface area contributed by atoms with Gasteiger partial charge in [-0.1, -0.05) is 18.6 Å². The zero-order chi connectivity index (χ0) is 10.8. The topological polar surface area (TPSA) is 6.48 Å². The molecule has 2 heterocycles. The molecule has 0 aromatic carbocycles. The fourth-order valence-corrected chi connectivity index (χ4v) is 2.90. The van der Waals surface area contributed by atoms with Gasteiger partial charge in [0.05, 0.1) is 0 Å². The van der Waals surface area contributed by atoms with Crippen LogP contribution in [0.25, 0.3) is 0 Å². The summed E-state index contributed by atoms with van der Waals surface area (Å²) in [5.74, 6) is 0. The molecule has 0 aromatic rings. The van der Waals surface area contributed by atoms with Crippen molar-refractivity contribution < 1.29 is 0 Å². The average Bonchev–Trinajstić information content (AvgIpc) is 2.23. The lowest BCUT2D eigenvalue weighted by Crippen LogP contribution is -2.55. The molecule has 0 spiro atoms. The van der Waals surface area contributed by atoms with Gasteiger partial charge in [-0.05, 0) is 39.5 Å². The van der Waals surface area contributed by atoms with E-state index in [1.54, 1.807) is 0 Å². The van der Waals surface area contributed by atoms with Gasteiger partial charge in [-0.3, -0.25) is 0 Å². The van der Waals surface area contributed by atoms with Gasteiger partial charge >= 0.3 is 0 Å². The smallest absolute Gasteiger partial charge is 0.0424 e. The third-order valence-corrected chi connectivity index (χ3v) is 4.02. The van der Waals surface area contributed by atoms with Crippen LogP contribution in [0.3, 0.4) is 0 Å². The minimum absolute atomic E-state index is 0.555. The van der Waals surface area contributed by atoms with Crippen LogP contribution in [-0.2, 0) is 0 Å². The van der Waals surface area contributed by atoms with Crippen molar-refractivity contribution in [1.29, 1.82) is 0 Å². The van der Waals surface area contributed by atoms with Crippen molar-refractivity contribution in [2.24, 2.45) is 0 Å². The molecule has 0 N–H and O–H groups in total. The van der Waals surface area contributed by atoms with Crippen molar-refractivity contribution in [3.05, 3.63) is 12.2 Å². The first-order valence-electron chi connectivity index (χ1n) is 6.41. The Morgan fingerprint density at radius 1 is 1.07 bits per heavy atom. The number of piperidine rings is 2. The molecule has 2 rings (SSSR count). The summed E-state index contributed by atoms with van der Waals surface area (Å²) in [6, 6.07) is 1.28. The van der Waals surface area contributed by atoms with Crippen LogP contribution in [-0.4, -0.2) is 35.2 Å². The standard InChI is InChI=1S/C13H24N2/c1-11-7-6-10-15(13(11)3)14-9-5-4-8-12(14)2/h12-13H,1,4-10H2,2-3H3. The number of hydrogen-bond donors (Lipinski definition) is 0. The Bertz CT molecular complexity index is 237. The Balaban J connectivity index is 2.04. The Labute approximate surface area is 93.9 Å². The number of hydrazine groups is 1. The second-order valence-corrected chi connectivity index (χ2v) is 5.11. The molecule has 2 fully saturated rings. The highest BCUT2D eigenvalue weighted by atomic mass is 15.6. The van der Waals surface area contributed by atoms with Crippen LogP contribution in [0.2, 0.25) is 0 Å². The monoisotopic (exact) mass is 208 g/mol. The van der Waals surface area contributed by atoms with E-state index < -0.39 is 0 Å². The van der Waals surface area contributed by atoms with Crippen LogP contribution in [0.1, 0.15) is 46.0 Å². The predicted octanol–water partition coefficient (Wildman–Crippen LogP) is 2.82. The van der Waals surface area contributed by atoms with Crippen LogP contribution in [0.15, 0.2) is 12.2 Å². The summed E-state index contributed by atoms with van der Waals surface area (Å²) >= 11 is 0. The summed E-state index contributed by atoms with van der Waals surface area (Å²) in [5.41, 5.74) is 1.42. The van der Waals surface area contributed by atoms with E-state index in [0.29, 0.717) is 6.04 Å². The molecule has 2 unspecified atom stereocenters. The molecule has 0 radical (unpaired) electrons. The molecule has 0 saturated carbocycles. The second-order valence-electron chi connectivity index (χ2n) is 5.11. The Kier molecular flexibility index (Phi) is 3.47. The summed E-state index contributed by atoms with van der Waals surface area (Å²) in [6.45, 7) is 11.3. The van der Waals surface area contributed by atoms with E-state index in [4.69, 9.17) is 0 Å². The maximum atomic E-state index is 4.20. The lowest BCUT2D eigenvalue weighted by atomic mass is 9.98. The van der Waals surface area contributed by atoms with Crippen molar-refractivity contribution >= 4 is 0 Å². The first-order chi connectivity index (χ1) is 7.20. The van der Waals surface area contributed by atoms with Gasteiger partial charge < -0.3 is 0 Å². The third-order valence-electron chi connectivity index (χ3n) is 4.02. The van der Waals surface area contributed by atoms with Gasteiger partial charge in [-0.2, -0.15) is 0 Å². The molecule has 2 heteroatoms. The fraction of sp³-hybridized carbons (Fsp3) is 0.846. The summed E-state index contributed by atoms with van der Waals surface area (Å²) in [7, 11) is 0. The highest BCUT2D eigenvalue weighted by Crippen LogP contribution is 2.27. The van der Waals surface area contributed by atoms with Gasteiger partial charge in [0.15, 0.2) is 0 Å². The van der Waals surface area contributed by atoms with Crippen LogP contribution >= 0.6 is 0 Å². The van der Waals surface area contributed by atoms with E-state index in [9.17, 15) is 0 Å². The number of hydrogen-bond acceptors (Lipinski definition) is 2. The van der Waals surface area contributed by atoms with Crippen molar-refractivity contribution in [2.45, 2.75) is 58.0 Å². The summed E-state index contributed by atoms with van der Waals surface area (Å²) in [4.78, 5) is 0. The lowest BCUT2D eigenvalue weighted by molar-refractivity contribution is -0.0971. The van der Waals surface area contributed by atoms with E-state index in [2.05, 4.69) is 30.4 Å². The lowest BCUT2D eigenvalue weighted by Gasteiger charge is -2.47. The first kappa shape index (κ1) is 11.2. The van der Waals surface area contributed by atoms with Crippen LogP contribution < -0.4 is 0 Å². The highest BCUT2D eigenvalue weighted by molar-refractivity contribution is 5.07. The molecule has 15 heavy (non-hydrogen) atoms. The Morgan fingerprint density at radius 3 is 2.53 bits per heavy atom. The largest absolute Gasteiger partial charge is 0.238 e. The summed E-state index contributed by atoms with van der Waals surface area (Å²) in [6.07, 6.45) is 6.63. The molecule has 2 aliphatic rings. The van der Waals surface area contributed by atoms with Gasteiger partial charge in [0.25, 0.3) is 0 Å². The maximum absolute atomic E-state index is 4.20. The van der Waals surface area contributed by atoms with Gasteiger partial charge in [0.1, 0.15) is 0 Å². The number of nitrogens with zero attached hydrogens (tertiary/aromatic N) is 2. The minimum Gasteiger partial charge on any atom is -0.238 e. The molecule has 2 saturated heterocycles. The first-order valence-corrected chi connectivity index (χ1v) is 6.41. The predicted molar refractivity (Wildman–Crippen MR) is 64.6 cm³/mol. The molecule has 2 aliphatic heterocycles. The zero-order valence-corrected chi connectivity index (χ0v) is 10.2. The van der Waals surface area contributed by atoms with E-state index in [1.165, 1.54) is 50.8 Å². The van der Waals surface area contributed by atoms with Crippen molar-refractivity contribution in [3.8, 4) is 0 Å². The van der Waals surface area contributed by atoms with Crippen molar-refractivity contribution in [3.63, 3.8) is 0 Å². The van der Waals surface area contributed by atoms with E-state index in [-0.39, 0.29) is 0 Å². The normalized spacial score (nSPS) is 35.7. The Hall–Kier alpha value is -0.340.